The molecule has 9 heteroatoms. The molecule has 8 nitrogen and oxygen atoms in total. The van der Waals surface area contributed by atoms with Crippen LogP contribution in [0.25, 0.3) is 0 Å². The summed E-state index contributed by atoms with van der Waals surface area (Å²) < 4.78 is 12.6. The Morgan fingerprint density at radius 1 is 0.950 bits per heavy atom. The monoisotopic (exact) mass is 594 g/mol. The maximum Gasteiger partial charge on any atom is 0.174 e. The van der Waals surface area contributed by atoms with E-state index in [4.69, 9.17) is 24.2 Å². The minimum atomic E-state index is -0.278. The van der Waals surface area contributed by atoms with Gasteiger partial charge in [0.25, 0.3) is 0 Å². The molecule has 3 aliphatic rings. The van der Waals surface area contributed by atoms with Crippen molar-refractivity contribution in [2.75, 3.05) is 21.8 Å². The van der Waals surface area contributed by atoms with Crippen molar-refractivity contribution in [2.45, 2.75) is 26.1 Å². The van der Waals surface area contributed by atoms with Crippen LogP contribution < -0.4 is 20.0 Å². The Morgan fingerprint density at radius 3 is 2.48 bits per heavy atom. The second-order valence-corrected chi connectivity index (χ2v) is 10.6. The fourth-order valence-electron chi connectivity index (χ4n) is 5.65. The summed E-state index contributed by atoms with van der Waals surface area (Å²) in [6, 6.07) is 30.0. The number of furan rings is 1. The Kier molecular flexibility index (Phi) is 6.15. The van der Waals surface area contributed by atoms with Crippen LogP contribution in [0.15, 0.2) is 115 Å². The predicted molar refractivity (Wildman–Crippen MR) is 163 cm³/mol. The highest BCUT2D eigenvalue weighted by Crippen LogP contribution is 2.49. The van der Waals surface area contributed by atoms with E-state index >= 15 is 0 Å². The Balaban J connectivity index is 1.39. The summed E-state index contributed by atoms with van der Waals surface area (Å²) in [5, 5.41) is 10.6. The van der Waals surface area contributed by atoms with E-state index in [1.54, 1.807) is 0 Å². The Bertz CT molecular complexity index is 1650. The number of hydrazone groups is 1. The maximum atomic E-state index is 6.25. The maximum absolute atomic E-state index is 6.25. The molecule has 0 saturated carbocycles. The number of hydrogen-bond donors (Lipinski definition) is 1. The zero-order valence-electron chi connectivity index (χ0n) is 22.0. The fraction of sp³-hybridized carbons (Fsp3) is 0.194. The second-order valence-electron chi connectivity index (χ2n) is 9.80. The number of rotatable bonds is 5. The lowest BCUT2D eigenvalue weighted by molar-refractivity contribution is 0.340. The molecule has 3 atom stereocenters. The van der Waals surface area contributed by atoms with Crippen molar-refractivity contribution >= 4 is 56.1 Å². The van der Waals surface area contributed by atoms with Crippen LogP contribution in [0.3, 0.4) is 0 Å². The Hall–Kier alpha value is -4.37. The Labute approximate surface area is 240 Å². The number of ether oxygens (including phenoxy) is 1. The van der Waals surface area contributed by atoms with Crippen molar-refractivity contribution < 1.29 is 9.15 Å². The molecule has 0 spiro atoms. The third-order valence-corrected chi connectivity index (χ3v) is 7.77. The summed E-state index contributed by atoms with van der Waals surface area (Å²) in [5.41, 5.74) is 4.70. The highest BCUT2D eigenvalue weighted by Gasteiger charge is 2.51. The molecule has 0 saturated heterocycles. The third-order valence-electron chi connectivity index (χ3n) is 7.34. The molecule has 0 unspecified atom stereocenters. The van der Waals surface area contributed by atoms with Crippen LogP contribution in [-0.2, 0) is 0 Å². The van der Waals surface area contributed by atoms with Gasteiger partial charge in [-0.15, -0.1) is 0 Å². The van der Waals surface area contributed by atoms with Gasteiger partial charge in [-0.1, -0.05) is 30.3 Å². The normalized spacial score (nSPS) is 21.1. The van der Waals surface area contributed by atoms with E-state index in [9.17, 15) is 0 Å². The third kappa shape index (κ3) is 4.17. The average molecular weight is 596 g/mol. The van der Waals surface area contributed by atoms with Crippen LogP contribution in [0, 0.1) is 5.92 Å². The van der Waals surface area contributed by atoms with Crippen molar-refractivity contribution in [3.05, 3.63) is 101 Å². The summed E-state index contributed by atoms with van der Waals surface area (Å²) in [4.78, 5) is 12.7. The molecule has 200 valence electrons. The first-order chi connectivity index (χ1) is 19.6. The number of hydrogen-bond acceptors (Lipinski definition) is 8. The molecule has 7 rings (SSSR count). The number of halogens is 1. The summed E-state index contributed by atoms with van der Waals surface area (Å²) >= 11 is 3.53. The van der Waals surface area contributed by atoms with E-state index in [1.807, 2.05) is 84.7 Å². The van der Waals surface area contributed by atoms with Gasteiger partial charge in [0.05, 0.1) is 29.6 Å². The molecule has 1 aromatic heterocycles. The number of aliphatic imine (C=N–C) groups is 2. The largest absolute Gasteiger partial charge is 0.494 e. The zero-order valence-corrected chi connectivity index (χ0v) is 23.6. The van der Waals surface area contributed by atoms with Gasteiger partial charge in [-0.2, -0.15) is 5.10 Å². The van der Waals surface area contributed by atoms with Gasteiger partial charge >= 0.3 is 0 Å². The average Bonchev–Trinajstić information content (AvgIpc) is 3.56. The summed E-state index contributed by atoms with van der Waals surface area (Å²) in [6.07, 6.45) is -0.278. The summed E-state index contributed by atoms with van der Waals surface area (Å²) in [6.45, 7) is 4.67. The molecule has 3 aliphatic heterocycles. The number of fused-ring (bicyclic) bond motifs is 4. The molecular weight excluding hydrogens is 568 g/mol. The molecule has 0 radical (unpaired) electrons. The SMILES string of the molecule is CCOc1ccc(NC2=Nc3ccccc3N3C2=N[C@H]2[C@H](C(C)=NN2c2ccccc2)[C@@H]3c2ccc(Br)o2)cc1. The standard InChI is InChI=1S/C31H27BrN6O2/c1-3-39-22-15-13-20(14-16-22)33-29-31-35-30-27(19(2)36-38(30)21-9-5-4-6-10-21)28(25-17-18-26(32)40-25)37(31)24-12-8-7-11-23(24)34-29/h4-18,27-28,30H,3H2,1-2H3,(H,33,34)/t27-,28+,30-/m1/s1. The molecule has 4 heterocycles. The summed E-state index contributed by atoms with van der Waals surface area (Å²) in [5.74, 6) is 2.99. The van der Waals surface area contributed by atoms with Gasteiger partial charge in [-0.3, -0.25) is 0 Å². The highest BCUT2D eigenvalue weighted by molar-refractivity contribution is 9.10. The molecule has 0 amide bonds. The molecule has 3 aromatic carbocycles. The number of nitrogens with one attached hydrogen (secondary N) is 1. The van der Waals surface area contributed by atoms with Crippen molar-refractivity contribution in [1.29, 1.82) is 0 Å². The van der Waals surface area contributed by atoms with Gasteiger partial charge in [-0.25, -0.2) is 15.0 Å². The molecular formula is C31H27BrN6O2. The van der Waals surface area contributed by atoms with E-state index in [0.717, 1.165) is 45.8 Å². The van der Waals surface area contributed by atoms with E-state index in [1.165, 1.54) is 0 Å². The van der Waals surface area contributed by atoms with Gasteiger partial charge in [0, 0.05) is 11.4 Å². The van der Waals surface area contributed by atoms with Gasteiger partial charge in [-0.05, 0) is 90.4 Å². The van der Waals surface area contributed by atoms with Crippen molar-refractivity contribution in [1.82, 2.24) is 0 Å². The summed E-state index contributed by atoms with van der Waals surface area (Å²) in [7, 11) is 0. The number of amidine groups is 2. The van der Waals surface area contributed by atoms with E-state index in [0.29, 0.717) is 17.1 Å². The smallest absolute Gasteiger partial charge is 0.174 e. The number of nitrogens with zero attached hydrogens (tertiary/aromatic N) is 5. The Morgan fingerprint density at radius 2 is 1.73 bits per heavy atom. The van der Waals surface area contributed by atoms with E-state index in [2.05, 4.69) is 51.3 Å². The minimum Gasteiger partial charge on any atom is -0.494 e. The lowest BCUT2D eigenvalue weighted by Gasteiger charge is -2.45. The van der Waals surface area contributed by atoms with E-state index < -0.39 is 0 Å². The minimum absolute atomic E-state index is 0.0557. The van der Waals surface area contributed by atoms with Crippen LogP contribution in [0.2, 0.25) is 0 Å². The topological polar surface area (TPSA) is 78.0 Å². The highest BCUT2D eigenvalue weighted by atomic mass is 79.9. The number of benzene rings is 3. The van der Waals surface area contributed by atoms with Crippen molar-refractivity contribution in [3.63, 3.8) is 0 Å². The number of para-hydroxylation sites is 3. The van der Waals surface area contributed by atoms with Crippen LogP contribution in [-0.4, -0.2) is 30.2 Å². The first-order valence-corrected chi connectivity index (χ1v) is 14.1. The molecule has 1 N–H and O–H groups in total. The van der Waals surface area contributed by atoms with Crippen molar-refractivity contribution in [2.24, 2.45) is 21.0 Å². The lowest BCUT2D eigenvalue weighted by Crippen LogP contribution is -2.54. The fourth-order valence-corrected chi connectivity index (χ4v) is 5.97. The van der Waals surface area contributed by atoms with Gasteiger partial charge < -0.3 is 19.4 Å². The molecule has 0 fully saturated rings. The zero-order chi connectivity index (χ0) is 27.2. The lowest BCUT2D eigenvalue weighted by atomic mass is 9.86. The first kappa shape index (κ1) is 24.7. The molecule has 40 heavy (non-hydrogen) atoms. The van der Waals surface area contributed by atoms with Crippen LogP contribution in [0.4, 0.5) is 22.7 Å². The number of anilines is 3. The first-order valence-electron chi connectivity index (χ1n) is 13.3. The second kappa shape index (κ2) is 9.98. The molecule has 0 bridgehead atoms. The predicted octanol–water partition coefficient (Wildman–Crippen LogP) is 7.39. The molecule has 4 aromatic rings. The quantitative estimate of drug-likeness (QED) is 0.260. The van der Waals surface area contributed by atoms with Crippen LogP contribution >= 0.6 is 15.9 Å². The van der Waals surface area contributed by atoms with Gasteiger partial charge in [0.15, 0.2) is 22.5 Å². The van der Waals surface area contributed by atoms with Crippen LogP contribution in [0.1, 0.15) is 25.6 Å². The van der Waals surface area contributed by atoms with Crippen LogP contribution in [0.5, 0.6) is 5.75 Å². The molecule has 0 aliphatic carbocycles. The van der Waals surface area contributed by atoms with Gasteiger partial charge in [0.2, 0.25) is 0 Å². The van der Waals surface area contributed by atoms with Gasteiger partial charge in [0.1, 0.15) is 17.6 Å². The van der Waals surface area contributed by atoms with E-state index in [-0.39, 0.29) is 18.1 Å². The van der Waals surface area contributed by atoms with Crippen molar-refractivity contribution in [3.8, 4) is 5.75 Å².